The lowest BCUT2D eigenvalue weighted by Gasteiger charge is -1.93. The molecule has 0 aliphatic heterocycles. The molecule has 0 spiro atoms. The summed E-state index contributed by atoms with van der Waals surface area (Å²) in [4.78, 5) is 8.25. The monoisotopic (exact) mass is 161 g/mol. The first kappa shape index (κ1) is 13.1. The fraction of sp³-hybridized carbons (Fsp3) is 0.875. The van der Waals surface area contributed by atoms with E-state index in [4.69, 9.17) is 15.0 Å². The smallest absolute Gasteiger partial charge is 0.0431 e. The highest BCUT2D eigenvalue weighted by atomic mass is 16.3. The summed E-state index contributed by atoms with van der Waals surface area (Å²) in [7, 11) is 0. The van der Waals surface area contributed by atoms with Crippen LogP contribution in [0, 0.1) is 0 Å². The topological polar surface area (TPSA) is 60.4 Å². The maximum absolute atomic E-state index is 8.37. The summed E-state index contributed by atoms with van der Waals surface area (Å²) in [5.74, 6) is 0. The van der Waals surface area contributed by atoms with Crippen molar-refractivity contribution in [2.75, 3.05) is 6.61 Å². The highest BCUT2D eigenvalue weighted by Crippen LogP contribution is 2.00. The van der Waals surface area contributed by atoms with E-state index in [1.165, 1.54) is 25.7 Å². The van der Waals surface area contributed by atoms with Crippen LogP contribution in [0.1, 0.15) is 39.0 Å². The molecule has 0 bridgehead atoms. The van der Waals surface area contributed by atoms with Gasteiger partial charge in [-0.05, 0) is 6.42 Å². The van der Waals surface area contributed by atoms with Crippen LogP contribution >= 0.6 is 0 Å². The van der Waals surface area contributed by atoms with Gasteiger partial charge in [-0.2, -0.15) is 0 Å². The lowest BCUT2D eigenvalue weighted by molar-refractivity contribution is -0.283. The van der Waals surface area contributed by atoms with E-state index >= 15 is 0 Å². The molecule has 0 saturated carbocycles. The van der Waals surface area contributed by atoms with E-state index in [0.717, 1.165) is 6.42 Å². The van der Waals surface area contributed by atoms with Gasteiger partial charge in [0.05, 0.1) is 0 Å². The van der Waals surface area contributed by atoms with Crippen molar-refractivity contribution >= 4 is 6.47 Å². The number of hydrogen-bond donors (Lipinski definition) is 1. The molecular formula is C8H17O3-. The molecule has 0 saturated heterocycles. The lowest BCUT2D eigenvalue weighted by Crippen LogP contribution is -2.01. The number of aliphatic hydroxyl groups is 1. The molecule has 0 atom stereocenters. The van der Waals surface area contributed by atoms with Gasteiger partial charge >= 0.3 is 0 Å². The summed E-state index contributed by atoms with van der Waals surface area (Å²) in [6.07, 6.45) is 6.08. The van der Waals surface area contributed by atoms with Crippen LogP contribution in [0.3, 0.4) is 0 Å². The lowest BCUT2D eigenvalue weighted by atomic mass is 10.2. The molecule has 0 rings (SSSR count). The molecule has 0 amide bonds. The number of rotatable bonds is 5. The van der Waals surface area contributed by atoms with E-state index < -0.39 is 6.47 Å². The van der Waals surface area contributed by atoms with E-state index in [9.17, 15) is 0 Å². The Hall–Kier alpha value is -0.570. The molecule has 0 aromatic rings. The Kier molecular flexibility index (Phi) is 19.2. The summed E-state index contributed by atoms with van der Waals surface area (Å²) in [5, 5.41) is 16.6. The fourth-order valence-corrected chi connectivity index (χ4v) is 0.715. The first-order valence-electron chi connectivity index (χ1n) is 3.99. The van der Waals surface area contributed by atoms with Gasteiger partial charge in [-0.25, -0.2) is 0 Å². The van der Waals surface area contributed by atoms with Crippen molar-refractivity contribution in [3.8, 4) is 0 Å². The summed E-state index contributed by atoms with van der Waals surface area (Å²) in [5.41, 5.74) is 0. The van der Waals surface area contributed by atoms with Crippen LogP contribution in [0.25, 0.3) is 0 Å². The number of carbonyl (C=O) groups excluding carboxylic acids is 1. The van der Waals surface area contributed by atoms with Gasteiger partial charge < -0.3 is 15.0 Å². The molecule has 0 aromatic carbocycles. The first-order valence-corrected chi connectivity index (χ1v) is 3.99. The molecule has 0 heterocycles. The summed E-state index contributed by atoms with van der Waals surface area (Å²) in [6, 6.07) is 0. The molecule has 0 radical (unpaired) electrons. The Balaban J connectivity index is 0. The second-order valence-corrected chi connectivity index (χ2v) is 2.23. The Morgan fingerprint density at radius 1 is 1.27 bits per heavy atom. The minimum absolute atomic E-state index is 0.365. The van der Waals surface area contributed by atoms with Gasteiger partial charge in [0, 0.05) is 13.1 Å². The van der Waals surface area contributed by atoms with Crippen LogP contribution < -0.4 is 5.11 Å². The Labute approximate surface area is 68.0 Å². The molecular weight excluding hydrogens is 144 g/mol. The van der Waals surface area contributed by atoms with Gasteiger partial charge in [-0.1, -0.05) is 32.6 Å². The normalized spacial score (nSPS) is 8.18. The van der Waals surface area contributed by atoms with Crippen molar-refractivity contribution in [3.63, 3.8) is 0 Å². The van der Waals surface area contributed by atoms with Gasteiger partial charge in [0.15, 0.2) is 0 Å². The number of carbonyl (C=O) groups is 1. The molecule has 0 aromatic heterocycles. The first-order chi connectivity index (χ1) is 5.33. The van der Waals surface area contributed by atoms with Gasteiger partial charge in [0.1, 0.15) is 0 Å². The summed E-state index contributed by atoms with van der Waals surface area (Å²) >= 11 is 0. The molecule has 0 unspecified atom stereocenters. The number of hydrogen-bond acceptors (Lipinski definition) is 3. The number of aliphatic hydroxyl groups excluding tert-OH is 1. The van der Waals surface area contributed by atoms with Crippen LogP contribution in [-0.4, -0.2) is 18.2 Å². The predicted molar refractivity (Wildman–Crippen MR) is 41.9 cm³/mol. The summed E-state index contributed by atoms with van der Waals surface area (Å²) in [6.45, 7) is 2.06. The minimum Gasteiger partial charge on any atom is -0.554 e. The number of carboxylic acid groups (broad SMARTS) is 1. The van der Waals surface area contributed by atoms with Crippen LogP contribution in [0.15, 0.2) is 0 Å². The van der Waals surface area contributed by atoms with E-state index in [2.05, 4.69) is 6.92 Å². The number of unbranched alkanes of at least 4 members (excludes halogenated alkanes) is 4. The second kappa shape index (κ2) is 16.2. The SMILES string of the molecule is CCCCCCCO.O=C[O-]. The zero-order chi connectivity index (χ0) is 8.95. The van der Waals surface area contributed by atoms with Gasteiger partial charge in [0.2, 0.25) is 0 Å². The second-order valence-electron chi connectivity index (χ2n) is 2.23. The van der Waals surface area contributed by atoms with E-state index in [0.29, 0.717) is 6.61 Å². The Morgan fingerprint density at radius 3 is 2.09 bits per heavy atom. The molecule has 3 nitrogen and oxygen atoms in total. The average molecular weight is 161 g/mol. The molecule has 0 aliphatic rings. The highest BCUT2D eigenvalue weighted by Gasteiger charge is 1.84. The summed E-state index contributed by atoms with van der Waals surface area (Å²) < 4.78 is 0. The highest BCUT2D eigenvalue weighted by molar-refractivity contribution is 5.29. The van der Waals surface area contributed by atoms with Crippen LogP contribution in [0.5, 0.6) is 0 Å². The van der Waals surface area contributed by atoms with E-state index in [1.807, 2.05) is 0 Å². The van der Waals surface area contributed by atoms with Crippen LogP contribution in [0.4, 0.5) is 0 Å². The molecule has 0 fully saturated rings. The van der Waals surface area contributed by atoms with Crippen LogP contribution in [0.2, 0.25) is 0 Å². The maximum atomic E-state index is 8.37. The van der Waals surface area contributed by atoms with Gasteiger partial charge in [-0.15, -0.1) is 0 Å². The quantitative estimate of drug-likeness (QED) is 0.466. The van der Waals surface area contributed by atoms with Crippen molar-refractivity contribution in [2.45, 2.75) is 39.0 Å². The largest absolute Gasteiger partial charge is 0.554 e. The fourth-order valence-electron chi connectivity index (χ4n) is 0.715. The predicted octanol–water partition coefficient (Wildman–Crippen LogP) is 0.315. The maximum Gasteiger partial charge on any atom is 0.0431 e. The molecule has 0 aliphatic carbocycles. The molecule has 3 heteroatoms. The third-order valence-electron chi connectivity index (χ3n) is 1.26. The average Bonchev–Trinajstić information content (AvgIpc) is 2.00. The molecule has 11 heavy (non-hydrogen) atoms. The molecule has 1 N–H and O–H groups in total. The zero-order valence-corrected chi connectivity index (χ0v) is 7.08. The van der Waals surface area contributed by atoms with E-state index in [1.54, 1.807) is 0 Å². The van der Waals surface area contributed by atoms with Gasteiger partial charge in [-0.3, -0.25) is 0 Å². The Bertz CT molecular complexity index is 58.4. The van der Waals surface area contributed by atoms with E-state index in [-0.39, 0.29) is 0 Å². The minimum atomic E-state index is -0.500. The Morgan fingerprint density at radius 2 is 1.73 bits per heavy atom. The third-order valence-corrected chi connectivity index (χ3v) is 1.26. The zero-order valence-electron chi connectivity index (χ0n) is 7.08. The van der Waals surface area contributed by atoms with Crippen molar-refractivity contribution in [1.82, 2.24) is 0 Å². The van der Waals surface area contributed by atoms with Crippen LogP contribution in [-0.2, 0) is 4.79 Å². The van der Waals surface area contributed by atoms with Gasteiger partial charge in [0.25, 0.3) is 0 Å². The molecule has 68 valence electrons. The van der Waals surface area contributed by atoms with Crippen molar-refractivity contribution in [3.05, 3.63) is 0 Å². The standard InChI is InChI=1S/C7H16O.CH2O2/c1-2-3-4-5-6-7-8;2-1-3/h8H,2-7H2,1H3;1H,(H,2,3)/p-1. The van der Waals surface area contributed by atoms with Crippen molar-refractivity contribution < 1.29 is 15.0 Å². The van der Waals surface area contributed by atoms with Crippen molar-refractivity contribution in [2.24, 2.45) is 0 Å². The van der Waals surface area contributed by atoms with Crippen molar-refractivity contribution in [1.29, 1.82) is 0 Å². The third kappa shape index (κ3) is 26.5.